The highest BCUT2D eigenvalue weighted by Gasteiger charge is 2.16. The van der Waals surface area contributed by atoms with Gasteiger partial charge in [0, 0.05) is 41.3 Å². The van der Waals surface area contributed by atoms with Crippen LogP contribution >= 0.6 is 27.3 Å². The van der Waals surface area contributed by atoms with Gasteiger partial charge >= 0.3 is 0 Å². The second-order valence-corrected chi connectivity index (χ2v) is 10.7. The highest BCUT2D eigenvalue weighted by Crippen LogP contribution is 2.41. The van der Waals surface area contributed by atoms with Crippen LogP contribution in [0, 0.1) is 0 Å². The summed E-state index contributed by atoms with van der Waals surface area (Å²) < 4.78 is 3.63. The van der Waals surface area contributed by atoms with Crippen LogP contribution < -0.4 is 0 Å². The Labute approximate surface area is 221 Å². The van der Waals surface area contributed by atoms with Gasteiger partial charge in [0.25, 0.3) is 0 Å². The van der Waals surface area contributed by atoms with Crippen molar-refractivity contribution < 1.29 is 0 Å². The molecular formula is C32H19BrN2S. The van der Waals surface area contributed by atoms with Crippen molar-refractivity contribution in [2.24, 2.45) is 0 Å². The van der Waals surface area contributed by atoms with Crippen molar-refractivity contribution in [2.45, 2.75) is 0 Å². The van der Waals surface area contributed by atoms with Crippen molar-refractivity contribution in [1.29, 1.82) is 0 Å². The van der Waals surface area contributed by atoms with Gasteiger partial charge in [0.2, 0.25) is 0 Å². The summed E-state index contributed by atoms with van der Waals surface area (Å²) in [7, 11) is 0. The van der Waals surface area contributed by atoms with Crippen LogP contribution in [0.4, 0.5) is 0 Å². The number of thiophene rings is 1. The number of nitrogens with zero attached hydrogens (tertiary/aromatic N) is 2. The zero-order valence-corrected chi connectivity index (χ0v) is 21.6. The van der Waals surface area contributed by atoms with E-state index in [9.17, 15) is 0 Å². The Kier molecular flexibility index (Phi) is 5.16. The molecule has 0 atom stereocenters. The van der Waals surface area contributed by atoms with Gasteiger partial charge in [-0.25, -0.2) is 9.97 Å². The van der Waals surface area contributed by atoms with Crippen LogP contribution in [0.25, 0.3) is 64.8 Å². The lowest BCUT2D eigenvalue weighted by Crippen LogP contribution is -1.96. The molecule has 0 unspecified atom stereocenters. The summed E-state index contributed by atoms with van der Waals surface area (Å²) in [6.45, 7) is 0. The third-order valence-electron chi connectivity index (χ3n) is 6.58. The molecule has 0 saturated heterocycles. The molecule has 0 N–H and O–H groups in total. The summed E-state index contributed by atoms with van der Waals surface area (Å²) in [5, 5.41) is 4.85. The van der Waals surface area contributed by atoms with Gasteiger partial charge < -0.3 is 0 Å². The van der Waals surface area contributed by atoms with E-state index in [1.54, 1.807) is 0 Å². The third kappa shape index (κ3) is 3.53. The molecule has 5 aromatic carbocycles. The molecule has 0 saturated carbocycles. The molecule has 4 heteroatoms. The van der Waals surface area contributed by atoms with Crippen LogP contribution in [0.1, 0.15) is 0 Å². The molecule has 0 spiro atoms. The minimum atomic E-state index is 0.728. The van der Waals surface area contributed by atoms with Gasteiger partial charge in [0.15, 0.2) is 5.82 Å². The standard InChI is InChI=1S/C32H19BrN2S/c33-26-16-7-12-21-22(26)13-6-14-23(21)27-19-28(35-32(34-27)20-9-2-1-3-10-20)24-15-8-18-30-31(24)25-11-4-5-17-29(25)36-30/h1-19H. The van der Waals surface area contributed by atoms with Crippen molar-refractivity contribution >= 4 is 58.2 Å². The summed E-state index contributed by atoms with van der Waals surface area (Å²) >= 11 is 5.55. The Balaban J connectivity index is 1.55. The number of rotatable bonds is 3. The highest BCUT2D eigenvalue weighted by molar-refractivity contribution is 9.10. The van der Waals surface area contributed by atoms with Gasteiger partial charge in [0.1, 0.15) is 0 Å². The second-order valence-electron chi connectivity index (χ2n) is 8.75. The first-order chi connectivity index (χ1) is 17.8. The lowest BCUT2D eigenvalue weighted by Gasteiger charge is -2.12. The molecule has 7 aromatic rings. The molecule has 0 aliphatic rings. The Bertz CT molecular complexity index is 1910. The van der Waals surface area contributed by atoms with Crippen molar-refractivity contribution in [3.05, 3.63) is 120 Å². The fraction of sp³-hybridized carbons (Fsp3) is 0. The predicted molar refractivity (Wildman–Crippen MR) is 156 cm³/mol. The normalized spacial score (nSPS) is 11.5. The molecule has 2 heterocycles. The van der Waals surface area contributed by atoms with Gasteiger partial charge in [-0.15, -0.1) is 11.3 Å². The smallest absolute Gasteiger partial charge is 0.160 e. The number of aromatic nitrogens is 2. The molecule has 0 aliphatic carbocycles. The molecule has 0 radical (unpaired) electrons. The van der Waals surface area contributed by atoms with Crippen LogP contribution in [0.15, 0.2) is 120 Å². The lowest BCUT2D eigenvalue weighted by atomic mass is 9.99. The van der Waals surface area contributed by atoms with Crippen molar-refractivity contribution in [2.75, 3.05) is 0 Å². The monoisotopic (exact) mass is 542 g/mol. The molecule has 36 heavy (non-hydrogen) atoms. The van der Waals surface area contributed by atoms with E-state index in [4.69, 9.17) is 9.97 Å². The van der Waals surface area contributed by atoms with Gasteiger partial charge in [-0.05, 0) is 35.0 Å². The fourth-order valence-electron chi connectivity index (χ4n) is 4.92. The molecule has 2 aromatic heterocycles. The van der Waals surface area contributed by atoms with Crippen LogP contribution in [-0.2, 0) is 0 Å². The van der Waals surface area contributed by atoms with Gasteiger partial charge in [0.05, 0.1) is 11.4 Å². The third-order valence-corrected chi connectivity index (χ3v) is 8.41. The van der Waals surface area contributed by atoms with E-state index in [0.717, 1.165) is 43.8 Å². The first-order valence-corrected chi connectivity index (χ1v) is 13.4. The fourth-order valence-corrected chi connectivity index (χ4v) is 6.55. The minimum absolute atomic E-state index is 0.728. The summed E-state index contributed by atoms with van der Waals surface area (Å²) in [5.41, 5.74) is 5.08. The van der Waals surface area contributed by atoms with Crippen LogP contribution in [0.2, 0.25) is 0 Å². The van der Waals surface area contributed by atoms with Crippen molar-refractivity contribution in [3.63, 3.8) is 0 Å². The summed E-state index contributed by atoms with van der Waals surface area (Å²) in [5.74, 6) is 0.728. The summed E-state index contributed by atoms with van der Waals surface area (Å²) in [6.07, 6.45) is 0. The van der Waals surface area contributed by atoms with Crippen LogP contribution in [0.5, 0.6) is 0 Å². The summed E-state index contributed by atoms with van der Waals surface area (Å²) in [4.78, 5) is 10.2. The molecule has 7 rings (SSSR count). The van der Waals surface area contributed by atoms with E-state index in [1.165, 1.54) is 25.6 Å². The summed E-state index contributed by atoms with van der Waals surface area (Å²) in [6, 6.07) is 40.2. The van der Waals surface area contributed by atoms with E-state index in [1.807, 2.05) is 29.5 Å². The molecular weight excluding hydrogens is 524 g/mol. The highest BCUT2D eigenvalue weighted by atomic mass is 79.9. The van der Waals surface area contributed by atoms with Crippen LogP contribution in [0.3, 0.4) is 0 Å². The Morgan fingerprint density at radius 1 is 0.528 bits per heavy atom. The second kappa shape index (κ2) is 8.66. The largest absolute Gasteiger partial charge is 0.228 e. The Morgan fingerprint density at radius 3 is 2.06 bits per heavy atom. The maximum absolute atomic E-state index is 5.12. The van der Waals surface area contributed by atoms with Crippen molar-refractivity contribution in [3.8, 4) is 33.9 Å². The quantitative estimate of drug-likeness (QED) is 0.222. The number of hydrogen-bond acceptors (Lipinski definition) is 3. The Hall–Kier alpha value is -3.86. The number of fused-ring (bicyclic) bond motifs is 4. The average Bonchev–Trinajstić information content (AvgIpc) is 3.32. The molecule has 2 nitrogen and oxygen atoms in total. The topological polar surface area (TPSA) is 25.8 Å². The van der Waals surface area contributed by atoms with Gasteiger partial charge in [-0.2, -0.15) is 0 Å². The molecule has 0 bridgehead atoms. The van der Waals surface area contributed by atoms with Crippen molar-refractivity contribution in [1.82, 2.24) is 9.97 Å². The minimum Gasteiger partial charge on any atom is -0.228 e. The predicted octanol–water partition coefficient (Wildman–Crippen LogP) is 9.76. The molecule has 170 valence electrons. The first kappa shape index (κ1) is 21.4. The SMILES string of the molecule is Brc1cccc2c(-c3cc(-c4cccc5sc6ccccc6c45)nc(-c4ccccc4)n3)cccc12. The number of hydrogen-bond donors (Lipinski definition) is 0. The Morgan fingerprint density at radius 2 is 1.17 bits per heavy atom. The van der Waals surface area contributed by atoms with E-state index in [2.05, 4.69) is 113 Å². The maximum Gasteiger partial charge on any atom is 0.160 e. The zero-order valence-electron chi connectivity index (χ0n) is 19.2. The lowest BCUT2D eigenvalue weighted by molar-refractivity contribution is 1.19. The van der Waals surface area contributed by atoms with Crippen LogP contribution in [-0.4, -0.2) is 9.97 Å². The molecule has 0 fully saturated rings. The number of benzene rings is 5. The first-order valence-electron chi connectivity index (χ1n) is 11.8. The van der Waals surface area contributed by atoms with E-state index in [-0.39, 0.29) is 0 Å². The average molecular weight is 543 g/mol. The van der Waals surface area contributed by atoms with E-state index >= 15 is 0 Å². The van der Waals surface area contributed by atoms with E-state index in [0.29, 0.717) is 0 Å². The van der Waals surface area contributed by atoms with E-state index < -0.39 is 0 Å². The molecule has 0 aliphatic heterocycles. The zero-order chi connectivity index (χ0) is 24.1. The van der Waals surface area contributed by atoms with Gasteiger partial charge in [-0.1, -0.05) is 107 Å². The number of halogens is 1. The van der Waals surface area contributed by atoms with Gasteiger partial charge in [-0.3, -0.25) is 0 Å². The maximum atomic E-state index is 5.12. The molecule has 0 amide bonds.